The van der Waals surface area contributed by atoms with E-state index in [1.165, 1.54) is 0 Å². The molecule has 0 saturated carbocycles. The third kappa shape index (κ3) is 2.05. The highest BCUT2D eigenvalue weighted by atomic mass is 16.4. The molecule has 0 atom stereocenters. The summed E-state index contributed by atoms with van der Waals surface area (Å²) in [6.07, 6.45) is 1.10. The molecule has 2 aromatic rings. The zero-order chi connectivity index (χ0) is 14.3. The Bertz CT molecular complexity index is 718. The summed E-state index contributed by atoms with van der Waals surface area (Å²) in [6, 6.07) is 5.40. The Kier molecular flexibility index (Phi) is 2.78. The van der Waals surface area contributed by atoms with Gasteiger partial charge in [0.2, 0.25) is 17.6 Å². The van der Waals surface area contributed by atoms with Crippen LogP contribution in [0.2, 0.25) is 0 Å². The minimum absolute atomic E-state index is 0.00498. The Morgan fingerprint density at radius 1 is 1.40 bits per heavy atom. The molecule has 0 fully saturated rings. The van der Waals surface area contributed by atoms with Gasteiger partial charge in [-0.25, -0.2) is 9.78 Å². The van der Waals surface area contributed by atoms with Gasteiger partial charge in [0, 0.05) is 17.7 Å². The number of amides is 1. The highest BCUT2D eigenvalue weighted by Gasteiger charge is 2.19. The predicted octanol–water partition coefficient (Wildman–Crippen LogP) is 2.23. The molecule has 6 nitrogen and oxygen atoms in total. The van der Waals surface area contributed by atoms with Crippen molar-refractivity contribution in [2.24, 2.45) is 0 Å². The van der Waals surface area contributed by atoms with Gasteiger partial charge in [-0.05, 0) is 37.1 Å². The van der Waals surface area contributed by atoms with E-state index in [0.29, 0.717) is 24.1 Å². The monoisotopic (exact) mass is 272 g/mol. The van der Waals surface area contributed by atoms with Gasteiger partial charge in [-0.15, -0.1) is 0 Å². The summed E-state index contributed by atoms with van der Waals surface area (Å²) in [4.78, 5) is 26.4. The molecule has 1 aliphatic rings. The average Bonchev–Trinajstić information content (AvgIpc) is 2.80. The molecule has 0 radical (unpaired) electrons. The first-order valence-corrected chi connectivity index (χ1v) is 6.18. The topological polar surface area (TPSA) is 92.4 Å². The van der Waals surface area contributed by atoms with Crippen LogP contribution < -0.4 is 5.32 Å². The number of carboxylic acids is 1. The van der Waals surface area contributed by atoms with Crippen LogP contribution in [0, 0.1) is 6.92 Å². The Labute approximate surface area is 114 Å². The lowest BCUT2D eigenvalue weighted by atomic mass is 10.0. The van der Waals surface area contributed by atoms with Crippen LogP contribution in [-0.4, -0.2) is 22.0 Å². The number of hydrogen-bond acceptors (Lipinski definition) is 4. The molecule has 0 spiro atoms. The van der Waals surface area contributed by atoms with Crippen LogP contribution in [0.25, 0.3) is 11.5 Å². The van der Waals surface area contributed by atoms with Crippen molar-refractivity contribution in [3.63, 3.8) is 0 Å². The summed E-state index contributed by atoms with van der Waals surface area (Å²) < 4.78 is 5.28. The summed E-state index contributed by atoms with van der Waals surface area (Å²) in [5, 5.41) is 11.8. The van der Waals surface area contributed by atoms with Crippen LogP contribution in [0.15, 0.2) is 22.6 Å². The number of aromatic carboxylic acids is 1. The largest absolute Gasteiger partial charge is 0.475 e. The molecule has 0 aliphatic carbocycles. The van der Waals surface area contributed by atoms with E-state index in [1.54, 1.807) is 19.1 Å². The maximum atomic E-state index is 11.3. The minimum Gasteiger partial charge on any atom is -0.475 e. The lowest BCUT2D eigenvalue weighted by molar-refractivity contribution is -0.116. The number of nitrogens with one attached hydrogen (secondary N) is 1. The number of oxazole rings is 1. The van der Waals surface area contributed by atoms with Crippen LogP contribution >= 0.6 is 0 Å². The number of anilines is 1. The van der Waals surface area contributed by atoms with Crippen molar-refractivity contribution in [2.45, 2.75) is 19.8 Å². The standard InChI is InChI=1S/C14H12N2O4/c1-7-12(14(18)19)20-13(15-7)9-2-4-10-8(6-9)3-5-11(17)16-10/h2,4,6H,3,5H2,1H3,(H,16,17)(H,18,19). The first-order valence-electron chi connectivity index (χ1n) is 6.18. The molecule has 102 valence electrons. The Morgan fingerprint density at radius 2 is 2.20 bits per heavy atom. The van der Waals surface area contributed by atoms with Crippen molar-refractivity contribution in [1.82, 2.24) is 4.98 Å². The van der Waals surface area contributed by atoms with Crippen molar-refractivity contribution in [1.29, 1.82) is 0 Å². The van der Waals surface area contributed by atoms with E-state index in [-0.39, 0.29) is 17.6 Å². The van der Waals surface area contributed by atoms with Crippen LogP contribution in [0.5, 0.6) is 0 Å². The fourth-order valence-electron chi connectivity index (χ4n) is 2.23. The summed E-state index contributed by atoms with van der Waals surface area (Å²) >= 11 is 0. The van der Waals surface area contributed by atoms with Crippen LogP contribution in [-0.2, 0) is 11.2 Å². The highest BCUT2D eigenvalue weighted by Crippen LogP contribution is 2.29. The molecule has 1 aromatic carbocycles. The van der Waals surface area contributed by atoms with E-state index in [4.69, 9.17) is 9.52 Å². The third-order valence-electron chi connectivity index (χ3n) is 3.24. The van der Waals surface area contributed by atoms with E-state index in [1.807, 2.05) is 6.07 Å². The molecule has 2 N–H and O–H groups in total. The number of fused-ring (bicyclic) bond motifs is 1. The third-order valence-corrected chi connectivity index (χ3v) is 3.24. The number of aryl methyl sites for hydroxylation is 2. The van der Waals surface area contributed by atoms with Gasteiger partial charge in [0.1, 0.15) is 0 Å². The van der Waals surface area contributed by atoms with Gasteiger partial charge in [0.15, 0.2) is 0 Å². The summed E-state index contributed by atoms with van der Waals surface area (Å²) in [6.45, 7) is 1.59. The first-order chi connectivity index (χ1) is 9.54. The van der Waals surface area contributed by atoms with Gasteiger partial charge in [-0.3, -0.25) is 4.79 Å². The predicted molar refractivity (Wildman–Crippen MR) is 70.6 cm³/mol. The summed E-state index contributed by atoms with van der Waals surface area (Å²) in [5.41, 5.74) is 2.83. The van der Waals surface area contributed by atoms with E-state index < -0.39 is 5.97 Å². The fourth-order valence-corrected chi connectivity index (χ4v) is 2.23. The maximum absolute atomic E-state index is 11.3. The van der Waals surface area contributed by atoms with Crippen LogP contribution in [0.1, 0.15) is 28.2 Å². The van der Waals surface area contributed by atoms with Gasteiger partial charge in [-0.1, -0.05) is 0 Å². The highest BCUT2D eigenvalue weighted by molar-refractivity contribution is 5.94. The number of rotatable bonds is 2. The normalized spacial score (nSPS) is 13.8. The molecule has 0 bridgehead atoms. The molecule has 3 rings (SSSR count). The van der Waals surface area contributed by atoms with Crippen molar-refractivity contribution in [2.75, 3.05) is 5.32 Å². The molecule has 0 unspecified atom stereocenters. The number of aromatic nitrogens is 1. The quantitative estimate of drug-likeness (QED) is 0.874. The second-order valence-corrected chi connectivity index (χ2v) is 4.66. The molecular weight excluding hydrogens is 260 g/mol. The maximum Gasteiger partial charge on any atom is 0.373 e. The van der Waals surface area contributed by atoms with Crippen molar-refractivity contribution >= 4 is 17.6 Å². The Hall–Kier alpha value is -2.63. The zero-order valence-corrected chi connectivity index (χ0v) is 10.8. The first kappa shape index (κ1) is 12.4. The second kappa shape index (κ2) is 4.48. The molecule has 20 heavy (non-hydrogen) atoms. The smallest absolute Gasteiger partial charge is 0.373 e. The van der Waals surface area contributed by atoms with Gasteiger partial charge >= 0.3 is 5.97 Å². The van der Waals surface area contributed by atoms with Gasteiger partial charge in [-0.2, -0.15) is 0 Å². The second-order valence-electron chi connectivity index (χ2n) is 4.66. The molecule has 6 heteroatoms. The van der Waals surface area contributed by atoms with Gasteiger partial charge in [0.05, 0.1) is 5.69 Å². The number of nitrogens with zero attached hydrogens (tertiary/aromatic N) is 1. The van der Waals surface area contributed by atoms with Crippen molar-refractivity contribution in [3.05, 3.63) is 35.2 Å². The van der Waals surface area contributed by atoms with Crippen LogP contribution in [0.4, 0.5) is 5.69 Å². The lowest BCUT2D eigenvalue weighted by Gasteiger charge is -2.16. The molecule has 1 aliphatic heterocycles. The molecule has 1 aromatic heterocycles. The average molecular weight is 272 g/mol. The number of carboxylic acid groups (broad SMARTS) is 1. The molecular formula is C14H12N2O4. The number of carbonyl (C=O) groups is 2. The molecule has 1 amide bonds. The lowest BCUT2D eigenvalue weighted by Crippen LogP contribution is -2.18. The number of benzene rings is 1. The number of carbonyl (C=O) groups excluding carboxylic acids is 1. The SMILES string of the molecule is Cc1nc(-c2ccc3c(c2)CCC(=O)N3)oc1C(=O)O. The zero-order valence-electron chi connectivity index (χ0n) is 10.8. The summed E-state index contributed by atoms with van der Waals surface area (Å²) in [7, 11) is 0. The van der Waals surface area contributed by atoms with Crippen molar-refractivity contribution in [3.8, 4) is 11.5 Å². The van der Waals surface area contributed by atoms with E-state index in [2.05, 4.69) is 10.3 Å². The van der Waals surface area contributed by atoms with E-state index in [9.17, 15) is 9.59 Å². The van der Waals surface area contributed by atoms with Crippen LogP contribution in [0.3, 0.4) is 0 Å². The van der Waals surface area contributed by atoms with E-state index in [0.717, 1.165) is 11.3 Å². The number of hydrogen-bond donors (Lipinski definition) is 2. The Morgan fingerprint density at radius 3 is 2.90 bits per heavy atom. The van der Waals surface area contributed by atoms with Gasteiger partial charge in [0.25, 0.3) is 0 Å². The minimum atomic E-state index is -1.13. The molecule has 0 saturated heterocycles. The Balaban J connectivity index is 2.01. The fraction of sp³-hybridized carbons (Fsp3) is 0.214. The van der Waals surface area contributed by atoms with E-state index >= 15 is 0 Å². The van der Waals surface area contributed by atoms with Gasteiger partial charge < -0.3 is 14.8 Å². The summed E-state index contributed by atoms with van der Waals surface area (Å²) in [5.74, 6) is -0.998. The van der Waals surface area contributed by atoms with Crippen molar-refractivity contribution < 1.29 is 19.1 Å². The molecule has 2 heterocycles.